The highest BCUT2D eigenvalue weighted by atomic mass is 32.2. The fraction of sp³-hybridized carbons (Fsp3) is 0.538. The highest BCUT2D eigenvalue weighted by Gasteiger charge is 2.19. The molecule has 28 heavy (non-hydrogen) atoms. The molecule has 0 aromatic heterocycles. The van der Waals surface area contributed by atoms with Gasteiger partial charge in [0.1, 0.15) is 5.75 Å². The second-order valence-electron chi connectivity index (χ2n) is 8.37. The predicted molar refractivity (Wildman–Crippen MR) is 122 cm³/mol. The highest BCUT2D eigenvalue weighted by Crippen LogP contribution is 2.36. The maximum Gasteiger partial charge on any atom is 0.119 e. The number of hydrogen-bond acceptors (Lipinski definition) is 2. The van der Waals surface area contributed by atoms with Crippen LogP contribution in [0.5, 0.6) is 5.75 Å². The minimum atomic E-state index is 0.782. The lowest BCUT2D eigenvalue weighted by Gasteiger charge is -2.26. The average molecular weight is 397 g/mol. The maximum atomic E-state index is 5.84. The Morgan fingerprint density at radius 2 is 1.57 bits per heavy atom. The smallest absolute Gasteiger partial charge is 0.119 e. The highest BCUT2D eigenvalue weighted by molar-refractivity contribution is 7.98. The molecule has 1 aliphatic rings. The van der Waals surface area contributed by atoms with Crippen molar-refractivity contribution in [3.63, 3.8) is 0 Å². The Morgan fingerprint density at radius 3 is 2.25 bits per heavy atom. The second-order valence-corrected chi connectivity index (χ2v) is 9.42. The van der Waals surface area contributed by atoms with Gasteiger partial charge in [-0.15, -0.1) is 11.8 Å². The standard InChI is InChI=1S/C26H36OS/c1-3-4-5-6-19-27-25-15-9-22(10-16-25)20-28-26-17-13-24(14-18-26)23-11-7-21(2)8-12-23/h9-10,13-18,21,23H,3-8,11-12,19-20H2,1-2H3/t21-,23-. The van der Waals surface area contributed by atoms with Crippen molar-refractivity contribution in [2.24, 2.45) is 5.92 Å². The van der Waals surface area contributed by atoms with Crippen molar-refractivity contribution in [3.8, 4) is 5.75 Å². The van der Waals surface area contributed by atoms with E-state index in [1.807, 2.05) is 11.8 Å². The Bertz CT molecular complexity index is 669. The van der Waals surface area contributed by atoms with Crippen LogP contribution >= 0.6 is 11.8 Å². The first-order chi connectivity index (χ1) is 13.7. The van der Waals surface area contributed by atoms with Crippen molar-refractivity contribution in [2.75, 3.05) is 6.61 Å². The zero-order chi connectivity index (χ0) is 19.6. The van der Waals surface area contributed by atoms with E-state index < -0.39 is 0 Å². The molecule has 0 saturated heterocycles. The summed E-state index contributed by atoms with van der Waals surface area (Å²) in [6, 6.07) is 18.0. The van der Waals surface area contributed by atoms with Crippen molar-refractivity contribution in [1.29, 1.82) is 0 Å². The lowest BCUT2D eigenvalue weighted by molar-refractivity contribution is 0.305. The quantitative estimate of drug-likeness (QED) is 0.295. The number of thioether (sulfide) groups is 1. The molecule has 152 valence electrons. The van der Waals surface area contributed by atoms with Gasteiger partial charge < -0.3 is 4.74 Å². The maximum absolute atomic E-state index is 5.84. The molecule has 1 saturated carbocycles. The Kier molecular flexibility index (Phi) is 8.79. The Hall–Kier alpha value is -1.41. The zero-order valence-electron chi connectivity index (χ0n) is 17.7. The predicted octanol–water partition coefficient (Wildman–Crippen LogP) is 8.23. The Labute approximate surface area is 176 Å². The molecule has 0 atom stereocenters. The van der Waals surface area contributed by atoms with E-state index in [1.165, 1.54) is 61.0 Å². The summed E-state index contributed by atoms with van der Waals surface area (Å²) in [6.45, 7) is 5.46. The van der Waals surface area contributed by atoms with Gasteiger partial charge in [0.05, 0.1) is 6.61 Å². The van der Waals surface area contributed by atoms with E-state index in [9.17, 15) is 0 Å². The van der Waals surface area contributed by atoms with Gasteiger partial charge in [-0.2, -0.15) is 0 Å². The molecule has 0 spiro atoms. The number of unbranched alkanes of at least 4 members (excludes halogenated alkanes) is 3. The van der Waals surface area contributed by atoms with Crippen LogP contribution in [0.1, 0.15) is 82.3 Å². The van der Waals surface area contributed by atoms with Crippen LogP contribution in [0.2, 0.25) is 0 Å². The molecule has 0 aliphatic heterocycles. The monoisotopic (exact) mass is 396 g/mol. The molecule has 1 fully saturated rings. The van der Waals surface area contributed by atoms with Crippen molar-refractivity contribution >= 4 is 11.8 Å². The van der Waals surface area contributed by atoms with Gasteiger partial charge in [0, 0.05) is 10.6 Å². The van der Waals surface area contributed by atoms with Crippen LogP contribution in [0.4, 0.5) is 0 Å². The molecule has 2 aromatic rings. The third-order valence-electron chi connectivity index (χ3n) is 5.96. The fourth-order valence-electron chi connectivity index (χ4n) is 4.00. The SMILES string of the molecule is CCCCCCOc1ccc(CSc2ccc([C@H]3CC[C@H](C)CC3)cc2)cc1. The van der Waals surface area contributed by atoms with Crippen LogP contribution in [0.15, 0.2) is 53.4 Å². The van der Waals surface area contributed by atoms with Gasteiger partial charge in [0.2, 0.25) is 0 Å². The van der Waals surface area contributed by atoms with Gasteiger partial charge in [-0.25, -0.2) is 0 Å². The molecular weight excluding hydrogens is 360 g/mol. The van der Waals surface area contributed by atoms with Crippen LogP contribution < -0.4 is 4.74 Å². The summed E-state index contributed by atoms with van der Waals surface area (Å²) < 4.78 is 5.84. The molecule has 0 heterocycles. The van der Waals surface area contributed by atoms with Crippen LogP contribution in [-0.2, 0) is 5.75 Å². The summed E-state index contributed by atoms with van der Waals surface area (Å²) >= 11 is 1.92. The van der Waals surface area contributed by atoms with Gasteiger partial charge in [0.25, 0.3) is 0 Å². The third kappa shape index (κ3) is 6.88. The van der Waals surface area contributed by atoms with Crippen LogP contribution in [0, 0.1) is 5.92 Å². The van der Waals surface area contributed by atoms with E-state index in [2.05, 4.69) is 62.4 Å². The summed E-state index contributed by atoms with van der Waals surface area (Å²) in [5, 5.41) is 0. The van der Waals surface area contributed by atoms with Gasteiger partial charge in [0.15, 0.2) is 0 Å². The number of rotatable bonds is 10. The largest absolute Gasteiger partial charge is 0.494 e. The number of ether oxygens (including phenoxy) is 1. The lowest BCUT2D eigenvalue weighted by atomic mass is 9.79. The summed E-state index contributed by atoms with van der Waals surface area (Å²) in [6.07, 6.45) is 10.5. The first-order valence-electron chi connectivity index (χ1n) is 11.2. The van der Waals surface area contributed by atoms with E-state index in [4.69, 9.17) is 4.74 Å². The molecule has 0 unspecified atom stereocenters. The minimum absolute atomic E-state index is 0.782. The Balaban J connectivity index is 1.41. The van der Waals surface area contributed by atoms with Crippen LogP contribution in [0.3, 0.4) is 0 Å². The Morgan fingerprint density at radius 1 is 0.857 bits per heavy atom. The molecule has 2 aromatic carbocycles. The normalized spacial score (nSPS) is 19.5. The number of hydrogen-bond donors (Lipinski definition) is 0. The summed E-state index contributed by atoms with van der Waals surface area (Å²) in [7, 11) is 0. The van der Waals surface area contributed by atoms with Gasteiger partial charge in [-0.1, -0.05) is 70.2 Å². The van der Waals surface area contributed by atoms with E-state index in [0.29, 0.717) is 0 Å². The summed E-state index contributed by atoms with van der Waals surface area (Å²) in [5.74, 6) is 3.71. The van der Waals surface area contributed by atoms with E-state index in [1.54, 1.807) is 0 Å². The van der Waals surface area contributed by atoms with Crippen LogP contribution in [0.25, 0.3) is 0 Å². The molecule has 1 nitrogen and oxygen atoms in total. The van der Waals surface area contributed by atoms with Crippen molar-refractivity contribution < 1.29 is 4.74 Å². The molecule has 1 aliphatic carbocycles. The fourth-order valence-corrected chi connectivity index (χ4v) is 4.85. The zero-order valence-corrected chi connectivity index (χ0v) is 18.5. The molecule has 3 rings (SSSR count). The van der Waals surface area contributed by atoms with E-state index in [0.717, 1.165) is 36.4 Å². The first-order valence-corrected chi connectivity index (χ1v) is 12.2. The topological polar surface area (TPSA) is 9.23 Å². The summed E-state index contributed by atoms with van der Waals surface area (Å²) in [4.78, 5) is 1.36. The summed E-state index contributed by atoms with van der Waals surface area (Å²) in [5.41, 5.74) is 2.89. The van der Waals surface area contributed by atoms with Crippen molar-refractivity contribution in [3.05, 3.63) is 59.7 Å². The lowest BCUT2D eigenvalue weighted by Crippen LogP contribution is -2.10. The minimum Gasteiger partial charge on any atom is -0.494 e. The van der Waals surface area contributed by atoms with Crippen molar-refractivity contribution in [2.45, 2.75) is 81.8 Å². The van der Waals surface area contributed by atoms with E-state index in [-0.39, 0.29) is 0 Å². The average Bonchev–Trinajstić information content (AvgIpc) is 2.74. The molecule has 0 bridgehead atoms. The van der Waals surface area contributed by atoms with Gasteiger partial charge >= 0.3 is 0 Å². The molecule has 2 heteroatoms. The molecule has 0 N–H and O–H groups in total. The molecule has 0 amide bonds. The second kappa shape index (κ2) is 11.6. The van der Waals surface area contributed by atoms with Gasteiger partial charge in [-0.3, -0.25) is 0 Å². The molecular formula is C26H36OS. The molecule has 0 radical (unpaired) electrons. The first kappa shape index (κ1) is 21.3. The number of benzene rings is 2. The van der Waals surface area contributed by atoms with Gasteiger partial charge in [-0.05, 0) is 66.5 Å². The van der Waals surface area contributed by atoms with E-state index >= 15 is 0 Å². The van der Waals surface area contributed by atoms with Crippen LogP contribution in [-0.4, -0.2) is 6.61 Å². The third-order valence-corrected chi connectivity index (χ3v) is 7.05. The van der Waals surface area contributed by atoms with Crippen molar-refractivity contribution in [1.82, 2.24) is 0 Å².